The number of aromatic nitrogens is 2. The van der Waals surface area contributed by atoms with Gasteiger partial charge in [0.05, 0.1) is 11.6 Å². The highest BCUT2D eigenvalue weighted by molar-refractivity contribution is 6.30. The zero-order chi connectivity index (χ0) is 21.1. The molecule has 1 aliphatic rings. The summed E-state index contributed by atoms with van der Waals surface area (Å²) >= 11 is 5.88. The van der Waals surface area contributed by atoms with Crippen molar-refractivity contribution in [1.29, 1.82) is 0 Å². The SMILES string of the molecule is Cc1nn(C2NC(=O)C(C)C(C)N2)c(C)c1CCC(=O)NCc1ccc(Cl)cc1. The first-order valence-corrected chi connectivity index (χ1v) is 10.3. The third-order valence-electron chi connectivity index (χ3n) is 5.59. The molecule has 2 amide bonds. The summed E-state index contributed by atoms with van der Waals surface area (Å²) in [5, 5.41) is 14.6. The van der Waals surface area contributed by atoms with Gasteiger partial charge in [-0.1, -0.05) is 30.7 Å². The smallest absolute Gasteiger partial charge is 0.227 e. The number of rotatable bonds is 6. The molecule has 0 spiro atoms. The third kappa shape index (κ3) is 4.97. The number of aryl methyl sites for hydroxylation is 1. The van der Waals surface area contributed by atoms with Crippen LogP contribution in [-0.4, -0.2) is 27.6 Å². The van der Waals surface area contributed by atoms with Gasteiger partial charge < -0.3 is 10.6 Å². The monoisotopic (exact) mass is 417 g/mol. The van der Waals surface area contributed by atoms with Gasteiger partial charge in [0.2, 0.25) is 11.8 Å². The van der Waals surface area contributed by atoms with E-state index in [1.165, 1.54) is 0 Å². The molecule has 3 rings (SSSR count). The van der Waals surface area contributed by atoms with Crippen LogP contribution >= 0.6 is 11.6 Å². The van der Waals surface area contributed by atoms with Crippen molar-refractivity contribution >= 4 is 23.4 Å². The second-order valence-corrected chi connectivity index (χ2v) is 8.09. The molecule has 7 nitrogen and oxygen atoms in total. The number of nitrogens with one attached hydrogen (secondary N) is 3. The van der Waals surface area contributed by atoms with Gasteiger partial charge in [-0.25, -0.2) is 4.68 Å². The van der Waals surface area contributed by atoms with Crippen molar-refractivity contribution in [3.8, 4) is 0 Å². The number of carbonyl (C=O) groups is 2. The van der Waals surface area contributed by atoms with E-state index in [-0.39, 0.29) is 30.1 Å². The molecule has 1 aromatic carbocycles. The molecular formula is C21H28ClN5O2. The third-order valence-corrected chi connectivity index (χ3v) is 5.84. The molecule has 3 atom stereocenters. The predicted octanol–water partition coefficient (Wildman–Crippen LogP) is 2.60. The standard InChI is InChI=1S/C21H28ClN5O2/c1-12-13(2)24-21(25-20(12)29)27-15(4)18(14(3)26-27)9-10-19(28)23-11-16-5-7-17(22)8-6-16/h5-8,12-13,21,24H,9-11H2,1-4H3,(H,23,28)(H,25,29). The van der Waals surface area contributed by atoms with Crippen LogP contribution in [0.15, 0.2) is 24.3 Å². The summed E-state index contributed by atoms with van der Waals surface area (Å²) in [6, 6.07) is 7.47. The van der Waals surface area contributed by atoms with Gasteiger partial charge in [-0.05, 0) is 50.5 Å². The molecular weight excluding hydrogens is 390 g/mol. The van der Waals surface area contributed by atoms with Gasteiger partial charge in [0.25, 0.3) is 0 Å². The second kappa shape index (κ2) is 8.97. The van der Waals surface area contributed by atoms with Crippen LogP contribution < -0.4 is 16.0 Å². The van der Waals surface area contributed by atoms with Gasteiger partial charge in [-0.3, -0.25) is 14.9 Å². The summed E-state index contributed by atoms with van der Waals surface area (Å²) in [7, 11) is 0. The fourth-order valence-corrected chi connectivity index (χ4v) is 3.63. The number of hydrogen-bond acceptors (Lipinski definition) is 4. The van der Waals surface area contributed by atoms with E-state index in [0.717, 1.165) is 22.5 Å². The van der Waals surface area contributed by atoms with Crippen LogP contribution in [0.25, 0.3) is 0 Å². The molecule has 3 N–H and O–H groups in total. The Kier molecular flexibility index (Phi) is 6.59. The number of carbonyl (C=O) groups excluding carboxylic acids is 2. The molecule has 8 heteroatoms. The largest absolute Gasteiger partial charge is 0.352 e. The first kappa shape index (κ1) is 21.3. The van der Waals surface area contributed by atoms with E-state index in [1.54, 1.807) is 4.68 Å². The Morgan fingerprint density at radius 3 is 2.59 bits per heavy atom. The fourth-order valence-electron chi connectivity index (χ4n) is 3.50. The molecule has 1 aromatic heterocycles. The van der Waals surface area contributed by atoms with E-state index in [2.05, 4.69) is 21.0 Å². The fraction of sp³-hybridized carbons (Fsp3) is 0.476. The molecule has 1 aliphatic heterocycles. The lowest BCUT2D eigenvalue weighted by Gasteiger charge is -2.34. The van der Waals surface area contributed by atoms with Gasteiger partial charge >= 0.3 is 0 Å². The van der Waals surface area contributed by atoms with Crippen LogP contribution in [0.1, 0.15) is 49.1 Å². The molecule has 0 bridgehead atoms. The molecule has 29 heavy (non-hydrogen) atoms. The topological polar surface area (TPSA) is 88.1 Å². The van der Waals surface area contributed by atoms with E-state index in [4.69, 9.17) is 11.6 Å². The first-order chi connectivity index (χ1) is 13.8. The summed E-state index contributed by atoms with van der Waals surface area (Å²) in [6.07, 6.45) is 0.593. The second-order valence-electron chi connectivity index (χ2n) is 7.65. The summed E-state index contributed by atoms with van der Waals surface area (Å²) in [4.78, 5) is 24.4. The molecule has 1 fully saturated rings. The normalized spacial score (nSPS) is 21.7. The van der Waals surface area contributed by atoms with Crippen LogP contribution in [0.2, 0.25) is 5.02 Å². The maximum Gasteiger partial charge on any atom is 0.227 e. The van der Waals surface area contributed by atoms with Gasteiger partial charge in [-0.15, -0.1) is 0 Å². The average Bonchev–Trinajstić information content (AvgIpc) is 2.97. The van der Waals surface area contributed by atoms with Crippen LogP contribution in [0, 0.1) is 19.8 Å². The quantitative estimate of drug-likeness (QED) is 0.674. The van der Waals surface area contributed by atoms with Crippen molar-refractivity contribution in [3.05, 3.63) is 51.8 Å². The lowest BCUT2D eigenvalue weighted by Crippen LogP contribution is -2.57. The average molecular weight is 418 g/mol. The van der Waals surface area contributed by atoms with Crippen LogP contribution in [0.3, 0.4) is 0 Å². The van der Waals surface area contributed by atoms with Crippen LogP contribution in [0.4, 0.5) is 0 Å². The number of amides is 2. The van der Waals surface area contributed by atoms with Crippen LogP contribution in [0.5, 0.6) is 0 Å². The first-order valence-electron chi connectivity index (χ1n) is 9.88. The molecule has 1 saturated heterocycles. The number of halogens is 1. The predicted molar refractivity (Wildman–Crippen MR) is 112 cm³/mol. The van der Waals surface area contributed by atoms with E-state index >= 15 is 0 Å². The molecule has 0 radical (unpaired) electrons. The van der Waals surface area contributed by atoms with Gasteiger partial charge in [-0.2, -0.15) is 5.10 Å². The van der Waals surface area contributed by atoms with E-state index < -0.39 is 0 Å². The van der Waals surface area contributed by atoms with Crippen molar-refractivity contribution in [1.82, 2.24) is 25.7 Å². The summed E-state index contributed by atoms with van der Waals surface area (Å²) in [6.45, 7) is 8.27. The Hall–Kier alpha value is -2.38. The number of hydrogen-bond donors (Lipinski definition) is 3. The zero-order valence-electron chi connectivity index (χ0n) is 17.3. The lowest BCUT2D eigenvalue weighted by atomic mass is 10.0. The highest BCUT2D eigenvalue weighted by Gasteiger charge is 2.32. The van der Waals surface area contributed by atoms with E-state index in [0.29, 0.717) is 24.4 Å². The van der Waals surface area contributed by atoms with E-state index in [9.17, 15) is 9.59 Å². The Labute approximate surface area is 176 Å². The number of benzene rings is 1. The molecule has 0 aliphatic carbocycles. The summed E-state index contributed by atoms with van der Waals surface area (Å²) < 4.78 is 1.80. The van der Waals surface area contributed by atoms with Gasteiger partial charge in [0.1, 0.15) is 0 Å². The Bertz CT molecular complexity index is 893. The van der Waals surface area contributed by atoms with Crippen LogP contribution in [-0.2, 0) is 22.6 Å². The Morgan fingerprint density at radius 1 is 1.24 bits per heavy atom. The minimum absolute atomic E-state index is 0.0110. The Morgan fingerprint density at radius 2 is 1.93 bits per heavy atom. The highest BCUT2D eigenvalue weighted by Crippen LogP contribution is 2.21. The maximum absolute atomic E-state index is 12.3. The molecule has 3 unspecified atom stereocenters. The van der Waals surface area contributed by atoms with Gasteiger partial charge in [0, 0.05) is 29.7 Å². The molecule has 0 saturated carbocycles. The van der Waals surface area contributed by atoms with Crippen molar-refractivity contribution in [2.45, 2.75) is 59.4 Å². The van der Waals surface area contributed by atoms with Crippen molar-refractivity contribution in [3.63, 3.8) is 0 Å². The number of nitrogens with zero attached hydrogens (tertiary/aromatic N) is 2. The lowest BCUT2D eigenvalue weighted by molar-refractivity contribution is -0.130. The summed E-state index contributed by atoms with van der Waals surface area (Å²) in [5.74, 6) is -0.0954. The zero-order valence-corrected chi connectivity index (χ0v) is 18.0. The molecule has 2 aromatic rings. The molecule has 156 valence electrons. The minimum atomic E-state index is -0.375. The van der Waals surface area contributed by atoms with Crippen molar-refractivity contribution in [2.75, 3.05) is 0 Å². The maximum atomic E-state index is 12.3. The highest BCUT2D eigenvalue weighted by atomic mass is 35.5. The minimum Gasteiger partial charge on any atom is -0.352 e. The summed E-state index contributed by atoms with van der Waals surface area (Å²) in [5.41, 5.74) is 3.86. The van der Waals surface area contributed by atoms with Gasteiger partial charge in [0.15, 0.2) is 6.29 Å². The van der Waals surface area contributed by atoms with E-state index in [1.807, 2.05) is 52.0 Å². The van der Waals surface area contributed by atoms with Crippen molar-refractivity contribution < 1.29 is 9.59 Å². The molecule has 2 heterocycles. The Balaban J connectivity index is 1.59. The van der Waals surface area contributed by atoms with Crippen molar-refractivity contribution in [2.24, 2.45) is 5.92 Å².